The van der Waals surface area contributed by atoms with Gasteiger partial charge in [0.2, 0.25) is 15.9 Å². The summed E-state index contributed by atoms with van der Waals surface area (Å²) < 4.78 is 31.6. The molecule has 0 aliphatic heterocycles. The van der Waals surface area contributed by atoms with Gasteiger partial charge in [0.25, 0.3) is 0 Å². The van der Waals surface area contributed by atoms with Crippen LogP contribution in [0.5, 0.6) is 5.75 Å². The Morgan fingerprint density at radius 2 is 1.78 bits per heavy atom. The molecule has 32 heavy (non-hydrogen) atoms. The van der Waals surface area contributed by atoms with E-state index in [0.29, 0.717) is 24.2 Å². The highest BCUT2D eigenvalue weighted by Crippen LogP contribution is 2.30. The van der Waals surface area contributed by atoms with Crippen LogP contribution in [0.2, 0.25) is 0 Å². The zero-order chi connectivity index (χ0) is 23.5. The SMILES string of the molecule is COc1ccc(NC(=O)CN(Cc2ccc(C(C)C)cc2)C2CC2)cc1S(=O)(=O)N(C)C. The van der Waals surface area contributed by atoms with Gasteiger partial charge >= 0.3 is 0 Å². The summed E-state index contributed by atoms with van der Waals surface area (Å²) in [4.78, 5) is 15.0. The minimum absolute atomic E-state index is 0.0205. The summed E-state index contributed by atoms with van der Waals surface area (Å²) in [5, 5.41) is 2.85. The smallest absolute Gasteiger partial charge is 0.246 e. The van der Waals surface area contributed by atoms with Crippen molar-refractivity contribution in [3.63, 3.8) is 0 Å². The minimum Gasteiger partial charge on any atom is -0.495 e. The second-order valence-corrected chi connectivity index (χ2v) is 10.9. The van der Waals surface area contributed by atoms with Crippen molar-refractivity contribution in [2.45, 2.75) is 50.1 Å². The summed E-state index contributed by atoms with van der Waals surface area (Å²) in [6, 6.07) is 13.6. The van der Waals surface area contributed by atoms with Crippen LogP contribution in [0, 0.1) is 0 Å². The van der Waals surface area contributed by atoms with Crippen LogP contribution in [-0.4, -0.2) is 57.3 Å². The molecule has 1 amide bonds. The van der Waals surface area contributed by atoms with Gasteiger partial charge in [-0.25, -0.2) is 12.7 Å². The summed E-state index contributed by atoms with van der Waals surface area (Å²) in [5.74, 6) is 0.551. The summed E-state index contributed by atoms with van der Waals surface area (Å²) in [5.41, 5.74) is 2.90. The first kappa shape index (κ1) is 24.2. The van der Waals surface area contributed by atoms with Crippen LogP contribution in [-0.2, 0) is 21.4 Å². The fraction of sp³-hybridized carbons (Fsp3) is 0.458. The molecule has 0 saturated heterocycles. The van der Waals surface area contributed by atoms with E-state index in [1.807, 2.05) is 0 Å². The molecule has 2 aromatic carbocycles. The topological polar surface area (TPSA) is 79.0 Å². The van der Waals surface area contributed by atoms with Gasteiger partial charge in [-0.2, -0.15) is 0 Å². The molecule has 174 valence electrons. The number of nitrogens with zero attached hydrogens (tertiary/aromatic N) is 2. The van der Waals surface area contributed by atoms with Gasteiger partial charge in [-0.3, -0.25) is 9.69 Å². The number of methoxy groups -OCH3 is 1. The third-order valence-corrected chi connectivity index (χ3v) is 7.48. The van der Waals surface area contributed by atoms with Crippen LogP contribution in [0.4, 0.5) is 5.69 Å². The Hall–Kier alpha value is -2.42. The largest absolute Gasteiger partial charge is 0.495 e. The van der Waals surface area contributed by atoms with E-state index >= 15 is 0 Å². The number of ether oxygens (including phenoxy) is 1. The Bertz CT molecular complexity index is 1050. The van der Waals surface area contributed by atoms with Crippen LogP contribution in [0.1, 0.15) is 43.7 Å². The molecule has 0 atom stereocenters. The molecule has 0 spiro atoms. The first-order valence-electron chi connectivity index (χ1n) is 10.8. The molecule has 1 N–H and O–H groups in total. The molecule has 0 heterocycles. The number of hydrogen-bond acceptors (Lipinski definition) is 5. The molecular weight excluding hydrogens is 426 g/mol. The fourth-order valence-corrected chi connectivity index (χ4v) is 4.61. The number of rotatable bonds is 10. The van der Waals surface area contributed by atoms with E-state index < -0.39 is 10.0 Å². The predicted molar refractivity (Wildman–Crippen MR) is 126 cm³/mol. The number of carbonyl (C=O) groups excluding carboxylic acids is 1. The maximum Gasteiger partial charge on any atom is 0.246 e. The molecular formula is C24H33N3O4S. The van der Waals surface area contributed by atoms with Crippen LogP contribution >= 0.6 is 0 Å². The molecule has 0 bridgehead atoms. The lowest BCUT2D eigenvalue weighted by Gasteiger charge is -2.22. The molecule has 3 rings (SSSR count). The molecule has 0 aromatic heterocycles. The van der Waals surface area contributed by atoms with Gasteiger partial charge in [-0.05, 0) is 48.1 Å². The maximum atomic E-state index is 12.8. The maximum absolute atomic E-state index is 12.8. The lowest BCUT2D eigenvalue weighted by Crippen LogP contribution is -2.34. The highest BCUT2D eigenvalue weighted by atomic mass is 32.2. The van der Waals surface area contributed by atoms with Crippen molar-refractivity contribution in [1.82, 2.24) is 9.21 Å². The molecule has 2 aromatic rings. The van der Waals surface area contributed by atoms with Gasteiger partial charge in [-0.15, -0.1) is 0 Å². The summed E-state index contributed by atoms with van der Waals surface area (Å²) in [7, 11) is 0.631. The van der Waals surface area contributed by atoms with Crippen LogP contribution in [0.25, 0.3) is 0 Å². The van der Waals surface area contributed by atoms with E-state index in [9.17, 15) is 13.2 Å². The number of hydrogen-bond donors (Lipinski definition) is 1. The molecule has 0 unspecified atom stereocenters. The Morgan fingerprint density at radius 3 is 2.31 bits per heavy atom. The highest BCUT2D eigenvalue weighted by molar-refractivity contribution is 7.89. The quantitative estimate of drug-likeness (QED) is 0.586. The van der Waals surface area contributed by atoms with Crippen molar-refractivity contribution in [2.75, 3.05) is 33.1 Å². The second-order valence-electron chi connectivity index (χ2n) is 8.73. The third-order valence-electron chi connectivity index (χ3n) is 5.65. The first-order valence-corrected chi connectivity index (χ1v) is 12.3. The molecule has 8 heteroatoms. The van der Waals surface area contributed by atoms with E-state index in [1.165, 1.54) is 38.4 Å². The average molecular weight is 460 g/mol. The number of nitrogens with one attached hydrogen (secondary N) is 1. The van der Waals surface area contributed by atoms with E-state index in [1.54, 1.807) is 12.1 Å². The number of amides is 1. The first-order chi connectivity index (χ1) is 15.1. The van der Waals surface area contributed by atoms with Gasteiger partial charge in [0.1, 0.15) is 10.6 Å². The van der Waals surface area contributed by atoms with E-state index in [-0.39, 0.29) is 23.1 Å². The van der Waals surface area contributed by atoms with Crippen molar-refractivity contribution in [1.29, 1.82) is 0 Å². The zero-order valence-electron chi connectivity index (χ0n) is 19.5. The number of sulfonamides is 1. The molecule has 0 radical (unpaired) electrons. The Labute approximate surface area is 191 Å². The standard InChI is InChI=1S/C24H33N3O4S/c1-17(2)19-8-6-18(7-9-19)15-27(21-11-12-21)16-24(28)25-20-10-13-22(31-5)23(14-20)32(29,30)26(3)4/h6-10,13-14,17,21H,11-12,15-16H2,1-5H3,(H,25,28). The molecule has 1 aliphatic carbocycles. The fourth-order valence-electron chi connectivity index (χ4n) is 3.53. The van der Waals surface area contributed by atoms with Crippen molar-refractivity contribution in [3.8, 4) is 5.75 Å². The Balaban J connectivity index is 1.70. The number of anilines is 1. The molecule has 1 aliphatic rings. The highest BCUT2D eigenvalue weighted by Gasteiger charge is 2.30. The van der Waals surface area contributed by atoms with Crippen molar-refractivity contribution >= 4 is 21.6 Å². The number of carbonyl (C=O) groups is 1. The normalized spacial score (nSPS) is 14.2. The van der Waals surface area contributed by atoms with Gasteiger partial charge in [0, 0.05) is 32.4 Å². The van der Waals surface area contributed by atoms with Crippen LogP contribution in [0.15, 0.2) is 47.4 Å². The van der Waals surface area contributed by atoms with Crippen molar-refractivity contribution in [3.05, 3.63) is 53.6 Å². The van der Waals surface area contributed by atoms with Crippen LogP contribution < -0.4 is 10.1 Å². The third kappa shape index (κ3) is 5.88. The predicted octanol–water partition coefficient (Wildman–Crippen LogP) is 3.67. The van der Waals surface area contributed by atoms with Crippen LogP contribution in [0.3, 0.4) is 0 Å². The number of benzene rings is 2. The molecule has 1 fully saturated rings. The minimum atomic E-state index is -3.71. The molecule has 1 saturated carbocycles. The average Bonchev–Trinajstić information content (AvgIpc) is 3.59. The van der Waals surface area contributed by atoms with E-state index in [4.69, 9.17) is 4.74 Å². The van der Waals surface area contributed by atoms with Gasteiger partial charge in [-0.1, -0.05) is 38.1 Å². The van der Waals surface area contributed by atoms with Gasteiger partial charge in [0.15, 0.2) is 0 Å². The monoisotopic (exact) mass is 459 g/mol. The summed E-state index contributed by atoms with van der Waals surface area (Å²) >= 11 is 0. The lowest BCUT2D eigenvalue weighted by atomic mass is 10.0. The van der Waals surface area contributed by atoms with E-state index in [0.717, 1.165) is 17.1 Å². The van der Waals surface area contributed by atoms with Gasteiger partial charge in [0.05, 0.1) is 13.7 Å². The van der Waals surface area contributed by atoms with E-state index in [2.05, 4.69) is 48.3 Å². The summed E-state index contributed by atoms with van der Waals surface area (Å²) in [6.07, 6.45) is 2.18. The van der Waals surface area contributed by atoms with Gasteiger partial charge < -0.3 is 10.1 Å². The lowest BCUT2D eigenvalue weighted by molar-refractivity contribution is -0.117. The molecule has 7 nitrogen and oxygen atoms in total. The Kier molecular flexibility index (Phi) is 7.59. The van der Waals surface area contributed by atoms with Crippen molar-refractivity contribution < 1.29 is 17.9 Å². The zero-order valence-corrected chi connectivity index (χ0v) is 20.3. The summed E-state index contributed by atoms with van der Waals surface area (Å²) in [6.45, 7) is 5.30. The van der Waals surface area contributed by atoms with Crippen molar-refractivity contribution in [2.24, 2.45) is 0 Å². The Morgan fingerprint density at radius 1 is 1.12 bits per heavy atom. The second kappa shape index (κ2) is 10.0.